The number of rotatable bonds is 10. The van der Waals surface area contributed by atoms with Crippen LogP contribution >= 0.6 is 11.8 Å². The third-order valence-electron chi connectivity index (χ3n) is 7.47. The SMILES string of the molecule is CCOc1c(Nc2cc(C)[nH]n2)nc(Sc2ccc(CC(C)=O)cc2)nc1N1CCN(C2CCN(C)CC2)CC1. The summed E-state index contributed by atoms with van der Waals surface area (Å²) in [5.41, 5.74) is 1.96. The molecule has 5 rings (SSSR count). The predicted octanol–water partition coefficient (Wildman–Crippen LogP) is 4.15. The maximum absolute atomic E-state index is 11.5. The molecule has 2 saturated heterocycles. The summed E-state index contributed by atoms with van der Waals surface area (Å²) < 4.78 is 6.19. The van der Waals surface area contributed by atoms with E-state index in [-0.39, 0.29) is 5.78 Å². The number of piperidine rings is 1. The van der Waals surface area contributed by atoms with Gasteiger partial charge in [-0.05, 0) is 83.2 Å². The van der Waals surface area contributed by atoms with Crippen molar-refractivity contribution in [3.8, 4) is 5.75 Å². The molecule has 0 saturated carbocycles. The fourth-order valence-corrected chi connectivity index (χ4v) is 6.12. The number of aryl methyl sites for hydroxylation is 1. The van der Waals surface area contributed by atoms with Gasteiger partial charge in [0.15, 0.2) is 22.6 Å². The van der Waals surface area contributed by atoms with E-state index >= 15 is 0 Å². The molecule has 4 heterocycles. The second-order valence-corrected chi connectivity index (χ2v) is 11.7. The first-order valence-electron chi connectivity index (χ1n) is 14.2. The number of nitrogens with zero attached hydrogens (tertiary/aromatic N) is 6. The van der Waals surface area contributed by atoms with Crippen LogP contribution in [0.3, 0.4) is 0 Å². The molecule has 0 unspecified atom stereocenters. The second kappa shape index (κ2) is 13.0. The van der Waals surface area contributed by atoms with Crippen molar-refractivity contribution in [1.29, 1.82) is 0 Å². The predicted molar refractivity (Wildman–Crippen MR) is 159 cm³/mol. The van der Waals surface area contributed by atoms with Crippen LogP contribution in [-0.4, -0.2) is 94.7 Å². The Bertz CT molecular complexity index is 1280. The van der Waals surface area contributed by atoms with Crippen LogP contribution in [0.5, 0.6) is 5.75 Å². The number of piperazine rings is 1. The van der Waals surface area contributed by atoms with E-state index in [1.807, 2.05) is 44.2 Å². The fraction of sp³-hybridized carbons (Fsp3) is 0.517. The Hall–Kier alpha value is -3.15. The fourth-order valence-electron chi connectivity index (χ4n) is 5.37. The number of carbonyl (C=O) groups is 1. The molecule has 0 aliphatic carbocycles. The van der Waals surface area contributed by atoms with Gasteiger partial charge < -0.3 is 19.9 Å². The van der Waals surface area contributed by atoms with Gasteiger partial charge in [0.05, 0.1) is 6.61 Å². The van der Waals surface area contributed by atoms with Gasteiger partial charge in [0, 0.05) is 55.3 Å². The second-order valence-electron chi connectivity index (χ2n) is 10.7. The van der Waals surface area contributed by atoms with Crippen molar-refractivity contribution in [3.63, 3.8) is 0 Å². The van der Waals surface area contributed by atoms with Crippen molar-refractivity contribution in [3.05, 3.63) is 41.6 Å². The van der Waals surface area contributed by atoms with E-state index in [1.54, 1.807) is 6.92 Å². The normalized spacial score (nSPS) is 17.2. The highest BCUT2D eigenvalue weighted by Crippen LogP contribution is 2.39. The Balaban J connectivity index is 1.41. The van der Waals surface area contributed by atoms with Crippen molar-refractivity contribution in [2.45, 2.75) is 56.1 Å². The highest BCUT2D eigenvalue weighted by Gasteiger charge is 2.29. The lowest BCUT2D eigenvalue weighted by Crippen LogP contribution is -2.53. The van der Waals surface area contributed by atoms with Crippen LogP contribution in [0, 0.1) is 6.92 Å². The van der Waals surface area contributed by atoms with Crippen molar-refractivity contribution >= 4 is 35.0 Å². The number of aromatic nitrogens is 4. The Morgan fingerprint density at radius 1 is 1.10 bits per heavy atom. The molecular formula is C29H40N8O2S. The van der Waals surface area contributed by atoms with Crippen molar-refractivity contribution in [2.75, 3.05) is 63.1 Å². The first-order chi connectivity index (χ1) is 19.4. The number of Topliss-reactive ketones (excluding diaryl/α,β-unsaturated/α-hetero) is 1. The molecule has 3 aromatic rings. The number of hydrogen-bond acceptors (Lipinski definition) is 10. The van der Waals surface area contributed by atoms with E-state index in [9.17, 15) is 4.79 Å². The van der Waals surface area contributed by atoms with Crippen LogP contribution < -0.4 is 15.0 Å². The first kappa shape index (κ1) is 28.4. The van der Waals surface area contributed by atoms with Crippen LogP contribution in [0.4, 0.5) is 17.5 Å². The van der Waals surface area contributed by atoms with Gasteiger partial charge in [0.25, 0.3) is 0 Å². The van der Waals surface area contributed by atoms with E-state index < -0.39 is 0 Å². The van der Waals surface area contributed by atoms with E-state index in [0.29, 0.717) is 41.6 Å². The summed E-state index contributed by atoms with van der Waals surface area (Å²) in [6.07, 6.45) is 2.91. The molecule has 214 valence electrons. The van der Waals surface area contributed by atoms with Gasteiger partial charge in [-0.3, -0.25) is 14.8 Å². The zero-order valence-corrected chi connectivity index (χ0v) is 24.8. The largest absolute Gasteiger partial charge is 0.487 e. The summed E-state index contributed by atoms with van der Waals surface area (Å²) in [5, 5.41) is 11.3. The molecule has 11 heteroatoms. The summed E-state index contributed by atoms with van der Waals surface area (Å²) >= 11 is 1.50. The van der Waals surface area contributed by atoms with Gasteiger partial charge >= 0.3 is 0 Å². The molecule has 0 radical (unpaired) electrons. The minimum atomic E-state index is 0.153. The number of aromatic amines is 1. The maximum Gasteiger partial charge on any atom is 0.205 e. The van der Waals surface area contributed by atoms with Crippen LogP contribution in [0.1, 0.15) is 37.9 Å². The molecule has 40 heavy (non-hydrogen) atoms. The molecule has 2 aliphatic rings. The number of hydrogen-bond donors (Lipinski definition) is 2. The van der Waals surface area contributed by atoms with Crippen molar-refractivity contribution < 1.29 is 9.53 Å². The summed E-state index contributed by atoms with van der Waals surface area (Å²) in [6.45, 7) is 12.2. The number of ketones is 1. The zero-order chi connectivity index (χ0) is 28.1. The minimum absolute atomic E-state index is 0.153. The molecule has 10 nitrogen and oxygen atoms in total. The summed E-state index contributed by atoms with van der Waals surface area (Å²) in [6, 6.07) is 10.6. The number of anilines is 3. The highest BCUT2D eigenvalue weighted by molar-refractivity contribution is 7.99. The number of likely N-dealkylation sites (tertiary alicyclic amines) is 1. The molecule has 1 aromatic carbocycles. The molecule has 0 amide bonds. The van der Waals surface area contributed by atoms with Gasteiger partial charge in [-0.25, -0.2) is 9.97 Å². The van der Waals surface area contributed by atoms with Gasteiger partial charge in [-0.1, -0.05) is 12.1 Å². The maximum atomic E-state index is 11.5. The summed E-state index contributed by atoms with van der Waals surface area (Å²) in [5.74, 6) is 2.90. The first-order valence-corrected chi connectivity index (χ1v) is 15.0. The third kappa shape index (κ3) is 7.13. The number of H-pyrrole nitrogens is 1. The minimum Gasteiger partial charge on any atom is -0.487 e. The topological polar surface area (TPSA) is 103 Å². The Morgan fingerprint density at radius 3 is 2.45 bits per heavy atom. The van der Waals surface area contributed by atoms with E-state index in [0.717, 1.165) is 48.1 Å². The van der Waals surface area contributed by atoms with Crippen molar-refractivity contribution in [1.82, 2.24) is 30.0 Å². The standard InChI is InChI=1S/C29H40N8O2S/c1-5-39-26-27(30-25-18-20(2)33-34-25)31-29(40-24-8-6-22(7-9-24)19-21(3)38)32-28(26)37-16-14-36(15-17-37)23-10-12-35(4)13-11-23/h6-9,18,23H,5,10-17,19H2,1-4H3,(H2,30,31,32,33,34). The highest BCUT2D eigenvalue weighted by atomic mass is 32.2. The zero-order valence-electron chi connectivity index (χ0n) is 23.9. The Kier molecular flexibility index (Phi) is 9.23. The quantitative estimate of drug-likeness (QED) is 0.349. The molecule has 2 aromatic heterocycles. The molecule has 2 N–H and O–H groups in total. The molecule has 0 atom stereocenters. The summed E-state index contributed by atoms with van der Waals surface area (Å²) in [7, 11) is 2.21. The molecule has 0 bridgehead atoms. The Labute approximate surface area is 240 Å². The van der Waals surface area contributed by atoms with E-state index in [4.69, 9.17) is 14.7 Å². The molecule has 0 spiro atoms. The van der Waals surface area contributed by atoms with Gasteiger partial charge in [0.2, 0.25) is 5.75 Å². The van der Waals surface area contributed by atoms with Crippen LogP contribution in [-0.2, 0) is 11.2 Å². The van der Waals surface area contributed by atoms with Crippen LogP contribution in [0.15, 0.2) is 40.4 Å². The molecule has 2 fully saturated rings. The lowest BCUT2D eigenvalue weighted by atomic mass is 10.0. The lowest BCUT2D eigenvalue weighted by molar-refractivity contribution is -0.116. The smallest absolute Gasteiger partial charge is 0.205 e. The van der Waals surface area contributed by atoms with Gasteiger partial charge in [0.1, 0.15) is 5.78 Å². The van der Waals surface area contributed by atoms with Crippen molar-refractivity contribution in [2.24, 2.45) is 0 Å². The molecule has 2 aliphatic heterocycles. The average molecular weight is 565 g/mol. The number of nitrogens with one attached hydrogen (secondary N) is 2. The van der Waals surface area contributed by atoms with Gasteiger partial charge in [-0.2, -0.15) is 5.10 Å². The average Bonchev–Trinajstić information content (AvgIpc) is 3.35. The van der Waals surface area contributed by atoms with E-state index in [1.165, 1.54) is 37.7 Å². The third-order valence-corrected chi connectivity index (χ3v) is 8.35. The summed E-state index contributed by atoms with van der Waals surface area (Å²) in [4.78, 5) is 29.8. The van der Waals surface area contributed by atoms with Gasteiger partial charge in [-0.15, -0.1) is 0 Å². The number of benzene rings is 1. The number of carbonyl (C=O) groups excluding carboxylic acids is 1. The molecular weight excluding hydrogens is 524 g/mol. The number of ether oxygens (including phenoxy) is 1. The monoisotopic (exact) mass is 564 g/mol. The van der Waals surface area contributed by atoms with Crippen LogP contribution in [0.25, 0.3) is 0 Å². The Morgan fingerprint density at radius 2 is 1.82 bits per heavy atom. The van der Waals surface area contributed by atoms with Crippen LogP contribution in [0.2, 0.25) is 0 Å². The van der Waals surface area contributed by atoms with E-state index in [2.05, 4.69) is 37.3 Å². The lowest BCUT2D eigenvalue weighted by Gasteiger charge is -2.42.